The van der Waals surface area contributed by atoms with Gasteiger partial charge in [0.25, 0.3) is 0 Å². The highest BCUT2D eigenvalue weighted by Gasteiger charge is 2.41. The number of pyridine rings is 1. The Bertz CT molecular complexity index is 746. The maximum atomic E-state index is 12.4. The summed E-state index contributed by atoms with van der Waals surface area (Å²) in [6, 6.07) is 9.72. The molecule has 0 unspecified atom stereocenters. The van der Waals surface area contributed by atoms with Gasteiger partial charge in [0, 0.05) is 12.7 Å². The van der Waals surface area contributed by atoms with Crippen LogP contribution in [0.5, 0.6) is 0 Å². The number of hydrogen-bond donors (Lipinski definition) is 1. The molecule has 4 rings (SSSR count). The van der Waals surface area contributed by atoms with E-state index in [9.17, 15) is 4.79 Å². The molecule has 6 heteroatoms. The van der Waals surface area contributed by atoms with Gasteiger partial charge in [-0.25, -0.2) is 0 Å². The molecule has 2 aliphatic heterocycles. The molecule has 4 heterocycles. The maximum absolute atomic E-state index is 12.4. The predicted octanol–water partition coefficient (Wildman–Crippen LogP) is 2.28. The number of carbonyl (C=O) groups excluding carboxylic acids is 1. The van der Waals surface area contributed by atoms with Gasteiger partial charge in [-0.2, -0.15) is 0 Å². The summed E-state index contributed by atoms with van der Waals surface area (Å²) in [6.45, 7) is 5.08. The molecular weight excluding hydrogens is 330 g/mol. The van der Waals surface area contributed by atoms with Gasteiger partial charge in [0.2, 0.25) is 5.91 Å². The summed E-state index contributed by atoms with van der Waals surface area (Å²) < 4.78 is 11.8. The highest BCUT2D eigenvalue weighted by molar-refractivity contribution is 5.81. The highest BCUT2D eigenvalue weighted by atomic mass is 16.5. The Morgan fingerprint density at radius 2 is 2.27 bits per heavy atom. The number of carbonyl (C=O) groups is 1. The molecule has 2 aromatic rings. The lowest BCUT2D eigenvalue weighted by Crippen LogP contribution is -2.42. The van der Waals surface area contributed by atoms with Crippen molar-refractivity contribution in [3.63, 3.8) is 0 Å². The first kappa shape index (κ1) is 17.2. The summed E-state index contributed by atoms with van der Waals surface area (Å²) in [5.41, 5.74) is 0.858. The average molecular weight is 355 g/mol. The molecular formula is C20H25N3O3. The molecule has 2 aromatic heterocycles. The fourth-order valence-corrected chi connectivity index (χ4v) is 3.89. The van der Waals surface area contributed by atoms with Crippen LogP contribution in [0.3, 0.4) is 0 Å². The van der Waals surface area contributed by atoms with Crippen LogP contribution in [0, 0.1) is 12.8 Å². The molecule has 0 spiro atoms. The van der Waals surface area contributed by atoms with Crippen LogP contribution >= 0.6 is 0 Å². The molecule has 26 heavy (non-hydrogen) atoms. The van der Waals surface area contributed by atoms with Crippen LogP contribution in [0.4, 0.5) is 0 Å². The normalized spacial score (nSPS) is 25.8. The second-order valence-corrected chi connectivity index (χ2v) is 7.23. The van der Waals surface area contributed by atoms with Gasteiger partial charge in [0.15, 0.2) is 0 Å². The summed E-state index contributed by atoms with van der Waals surface area (Å²) >= 11 is 0. The minimum atomic E-state index is -0.348. The number of fused-ring (bicyclic) bond motifs is 1. The Kier molecular flexibility index (Phi) is 5.04. The first-order valence-corrected chi connectivity index (χ1v) is 9.28. The zero-order valence-electron chi connectivity index (χ0n) is 15.1. The van der Waals surface area contributed by atoms with E-state index in [4.69, 9.17) is 9.15 Å². The van der Waals surface area contributed by atoms with Crippen LogP contribution in [0.2, 0.25) is 0 Å². The second kappa shape index (κ2) is 7.60. The van der Waals surface area contributed by atoms with Crippen molar-refractivity contribution in [1.82, 2.24) is 15.2 Å². The smallest absolute Gasteiger partial charge is 0.249 e. The van der Waals surface area contributed by atoms with Crippen molar-refractivity contribution < 1.29 is 13.9 Å². The standard InChI is InChI=1S/C20H25N3O3/c1-14-5-6-17(25-14)12-23-9-7-15-10-18(26-19(15)13-23)20(24)22-11-16-4-2-3-8-21-16/h2-6,8,15,18-19H,7,9-13H2,1H3,(H,22,24)/t15-,18-,19+/m1/s1. The second-order valence-electron chi connectivity index (χ2n) is 7.23. The van der Waals surface area contributed by atoms with Gasteiger partial charge in [-0.3, -0.25) is 14.7 Å². The molecule has 3 atom stereocenters. The quantitative estimate of drug-likeness (QED) is 0.891. The Morgan fingerprint density at radius 3 is 3.04 bits per heavy atom. The zero-order valence-corrected chi connectivity index (χ0v) is 15.1. The number of amides is 1. The van der Waals surface area contributed by atoms with Gasteiger partial charge in [-0.05, 0) is 56.5 Å². The zero-order chi connectivity index (χ0) is 17.9. The van der Waals surface area contributed by atoms with Gasteiger partial charge in [0.1, 0.15) is 17.6 Å². The van der Waals surface area contributed by atoms with Crippen molar-refractivity contribution in [2.45, 2.75) is 45.1 Å². The lowest BCUT2D eigenvalue weighted by molar-refractivity contribution is -0.133. The monoisotopic (exact) mass is 355 g/mol. The fourth-order valence-electron chi connectivity index (χ4n) is 3.89. The molecule has 0 aromatic carbocycles. The highest BCUT2D eigenvalue weighted by Crippen LogP contribution is 2.33. The summed E-state index contributed by atoms with van der Waals surface area (Å²) in [7, 11) is 0. The Hall–Kier alpha value is -2.18. The Morgan fingerprint density at radius 1 is 1.35 bits per heavy atom. The van der Waals surface area contributed by atoms with Gasteiger partial charge in [-0.1, -0.05) is 6.07 Å². The van der Waals surface area contributed by atoms with E-state index in [0.29, 0.717) is 12.5 Å². The van der Waals surface area contributed by atoms with Gasteiger partial charge in [0.05, 0.1) is 24.9 Å². The number of nitrogens with zero attached hydrogens (tertiary/aromatic N) is 2. The topological polar surface area (TPSA) is 67.6 Å². The average Bonchev–Trinajstić information content (AvgIpc) is 3.26. The number of rotatable bonds is 5. The van der Waals surface area contributed by atoms with E-state index < -0.39 is 0 Å². The van der Waals surface area contributed by atoms with Crippen LogP contribution in [-0.2, 0) is 22.6 Å². The minimum absolute atomic E-state index is 0.0294. The summed E-state index contributed by atoms with van der Waals surface area (Å²) in [6.07, 6.45) is 3.39. The number of aryl methyl sites for hydroxylation is 1. The Labute approximate surface area is 153 Å². The van der Waals surface area contributed by atoms with E-state index >= 15 is 0 Å². The molecule has 0 bridgehead atoms. The third kappa shape index (κ3) is 3.97. The van der Waals surface area contributed by atoms with Crippen LogP contribution < -0.4 is 5.32 Å². The molecule has 138 valence electrons. The summed E-state index contributed by atoms with van der Waals surface area (Å²) in [4.78, 5) is 19.0. The number of likely N-dealkylation sites (tertiary alicyclic amines) is 1. The van der Waals surface area contributed by atoms with Crippen molar-refractivity contribution in [3.8, 4) is 0 Å². The lowest BCUT2D eigenvalue weighted by atomic mass is 9.91. The van der Waals surface area contributed by atoms with Crippen LogP contribution in [-0.4, -0.2) is 41.1 Å². The van der Waals surface area contributed by atoms with Crippen molar-refractivity contribution in [3.05, 3.63) is 53.7 Å². The fraction of sp³-hybridized carbons (Fsp3) is 0.500. The molecule has 6 nitrogen and oxygen atoms in total. The van der Waals surface area contributed by atoms with Crippen LogP contribution in [0.25, 0.3) is 0 Å². The number of aromatic nitrogens is 1. The van der Waals surface area contributed by atoms with Crippen molar-refractivity contribution in [2.24, 2.45) is 5.92 Å². The summed E-state index contributed by atoms with van der Waals surface area (Å²) in [5, 5.41) is 2.95. The molecule has 0 radical (unpaired) electrons. The first-order valence-electron chi connectivity index (χ1n) is 9.28. The van der Waals surface area contributed by atoms with E-state index in [0.717, 1.165) is 49.7 Å². The molecule has 1 amide bonds. The number of piperidine rings is 1. The molecule has 2 aliphatic rings. The maximum Gasteiger partial charge on any atom is 0.249 e. The predicted molar refractivity (Wildman–Crippen MR) is 96.2 cm³/mol. The van der Waals surface area contributed by atoms with E-state index in [-0.39, 0.29) is 18.1 Å². The van der Waals surface area contributed by atoms with E-state index in [1.165, 1.54) is 0 Å². The number of ether oxygens (including phenoxy) is 1. The first-order chi connectivity index (χ1) is 12.7. The number of nitrogens with one attached hydrogen (secondary N) is 1. The van der Waals surface area contributed by atoms with Crippen LogP contribution in [0.1, 0.15) is 30.1 Å². The van der Waals surface area contributed by atoms with E-state index in [1.54, 1.807) is 6.20 Å². The minimum Gasteiger partial charge on any atom is -0.465 e. The molecule has 2 saturated heterocycles. The SMILES string of the molecule is Cc1ccc(CN2CC[C@@H]3C[C@H](C(=O)NCc4ccccn4)O[C@H]3C2)o1. The summed E-state index contributed by atoms with van der Waals surface area (Å²) in [5.74, 6) is 2.37. The molecule has 1 N–H and O–H groups in total. The lowest BCUT2D eigenvalue weighted by Gasteiger charge is -2.33. The van der Waals surface area contributed by atoms with Crippen molar-refractivity contribution in [2.75, 3.05) is 13.1 Å². The van der Waals surface area contributed by atoms with E-state index in [1.807, 2.05) is 37.3 Å². The Balaban J connectivity index is 1.28. The third-order valence-electron chi connectivity index (χ3n) is 5.27. The molecule has 0 aliphatic carbocycles. The van der Waals surface area contributed by atoms with E-state index in [2.05, 4.69) is 15.2 Å². The molecule has 0 saturated carbocycles. The third-order valence-corrected chi connectivity index (χ3v) is 5.27. The molecule has 2 fully saturated rings. The van der Waals surface area contributed by atoms with Crippen LogP contribution in [0.15, 0.2) is 40.9 Å². The number of furan rings is 1. The number of hydrogen-bond acceptors (Lipinski definition) is 5. The van der Waals surface area contributed by atoms with Crippen molar-refractivity contribution in [1.29, 1.82) is 0 Å². The largest absolute Gasteiger partial charge is 0.465 e. The van der Waals surface area contributed by atoms with Gasteiger partial charge >= 0.3 is 0 Å². The van der Waals surface area contributed by atoms with Gasteiger partial charge < -0.3 is 14.5 Å². The van der Waals surface area contributed by atoms with Crippen molar-refractivity contribution >= 4 is 5.91 Å². The van der Waals surface area contributed by atoms with Gasteiger partial charge in [-0.15, -0.1) is 0 Å².